The van der Waals surface area contributed by atoms with Gasteiger partial charge in [0.1, 0.15) is 5.75 Å². The van der Waals surface area contributed by atoms with Gasteiger partial charge in [0.05, 0.1) is 10.5 Å². The zero-order chi connectivity index (χ0) is 22.0. The number of carbonyl (C=O) groups is 1. The van der Waals surface area contributed by atoms with Crippen LogP contribution >= 0.6 is 11.8 Å². The maximum absolute atomic E-state index is 12.6. The van der Waals surface area contributed by atoms with Crippen molar-refractivity contribution in [1.82, 2.24) is 0 Å². The highest BCUT2D eigenvalue weighted by molar-refractivity contribution is 7.98. The van der Waals surface area contributed by atoms with Gasteiger partial charge in [0.2, 0.25) is 0 Å². The third-order valence-electron chi connectivity index (χ3n) is 3.32. The van der Waals surface area contributed by atoms with Gasteiger partial charge in [0.25, 0.3) is 9.84 Å². The molecule has 0 saturated heterocycles. The molecule has 0 aromatic heterocycles. The van der Waals surface area contributed by atoms with E-state index in [0.29, 0.717) is 6.07 Å². The van der Waals surface area contributed by atoms with Gasteiger partial charge < -0.3 is 9.84 Å². The molecule has 13 heteroatoms. The van der Waals surface area contributed by atoms with Crippen LogP contribution in [0.1, 0.15) is 15.9 Å². The minimum atomic E-state index is -5.55. The van der Waals surface area contributed by atoms with Crippen LogP contribution in [0, 0.1) is 0 Å². The predicted octanol–water partition coefficient (Wildman–Crippen LogP) is 4.87. The van der Waals surface area contributed by atoms with Crippen LogP contribution in [0.4, 0.5) is 26.3 Å². The Hall–Kier alpha value is -2.41. The number of sulfone groups is 1. The molecular formula is C16H10F6O5S2. The minimum absolute atomic E-state index is 0.0103. The van der Waals surface area contributed by atoms with Crippen molar-refractivity contribution in [3.05, 3.63) is 53.6 Å². The lowest BCUT2D eigenvalue weighted by Crippen LogP contribution is -2.23. The molecule has 0 aliphatic heterocycles. The number of ether oxygens (including phenoxy) is 1. The SMILES string of the molecule is O=C(O)c1cc(OC(F)(F)F)ccc1SCc1cccc(S(=O)(=O)C(F)(F)F)c1. The summed E-state index contributed by atoms with van der Waals surface area (Å²) in [6.45, 7) is 0. The number of carboxylic acids is 1. The molecule has 2 rings (SSSR count). The Labute approximate surface area is 164 Å². The molecule has 0 fully saturated rings. The second-order valence-electron chi connectivity index (χ2n) is 5.40. The molecule has 2 aromatic rings. The van der Waals surface area contributed by atoms with Crippen LogP contribution in [0.5, 0.6) is 5.75 Å². The summed E-state index contributed by atoms with van der Waals surface area (Å²) in [6.07, 6.45) is -5.02. The van der Waals surface area contributed by atoms with E-state index in [9.17, 15) is 44.7 Å². The first-order valence-corrected chi connectivity index (χ1v) is 9.84. The summed E-state index contributed by atoms with van der Waals surface area (Å²) in [7, 11) is -5.55. The minimum Gasteiger partial charge on any atom is -0.478 e. The van der Waals surface area contributed by atoms with E-state index in [1.807, 2.05) is 0 Å². The van der Waals surface area contributed by atoms with Gasteiger partial charge in [-0.05, 0) is 35.9 Å². The molecule has 0 bridgehead atoms. The van der Waals surface area contributed by atoms with E-state index in [4.69, 9.17) is 0 Å². The summed E-state index contributed by atoms with van der Waals surface area (Å²) in [6, 6.07) is 6.55. The van der Waals surface area contributed by atoms with Crippen molar-refractivity contribution in [2.24, 2.45) is 0 Å². The first kappa shape index (κ1) is 22.9. The van der Waals surface area contributed by atoms with E-state index < -0.39 is 43.9 Å². The quantitative estimate of drug-likeness (QED) is 0.490. The second kappa shape index (κ2) is 8.14. The van der Waals surface area contributed by atoms with Crippen LogP contribution in [0.15, 0.2) is 52.3 Å². The van der Waals surface area contributed by atoms with Crippen LogP contribution in [-0.2, 0) is 15.6 Å². The molecule has 2 aromatic carbocycles. The lowest BCUT2D eigenvalue weighted by molar-refractivity contribution is -0.274. The van der Waals surface area contributed by atoms with Crippen molar-refractivity contribution in [2.75, 3.05) is 0 Å². The van der Waals surface area contributed by atoms with Gasteiger partial charge in [0, 0.05) is 10.6 Å². The maximum atomic E-state index is 12.6. The van der Waals surface area contributed by atoms with Gasteiger partial charge in [-0.2, -0.15) is 13.2 Å². The molecule has 0 aliphatic rings. The fourth-order valence-electron chi connectivity index (χ4n) is 2.10. The number of hydrogen-bond donors (Lipinski definition) is 1. The standard InChI is InChI=1S/C16H10F6O5S2/c17-15(18,19)27-10-4-5-13(12(7-10)14(23)24)28-8-9-2-1-3-11(6-9)29(25,26)16(20,21)22/h1-7H,8H2,(H,23,24). The average Bonchev–Trinajstić information content (AvgIpc) is 2.58. The van der Waals surface area contributed by atoms with Gasteiger partial charge in [0.15, 0.2) is 0 Å². The van der Waals surface area contributed by atoms with Crippen molar-refractivity contribution < 1.29 is 49.4 Å². The van der Waals surface area contributed by atoms with Crippen molar-refractivity contribution in [1.29, 1.82) is 0 Å². The zero-order valence-electron chi connectivity index (χ0n) is 13.9. The first-order chi connectivity index (χ1) is 13.2. The smallest absolute Gasteiger partial charge is 0.478 e. The summed E-state index contributed by atoms with van der Waals surface area (Å²) in [5.74, 6) is -2.44. The fourth-order valence-corrected chi connectivity index (χ4v) is 3.90. The van der Waals surface area contributed by atoms with Gasteiger partial charge in [-0.15, -0.1) is 24.9 Å². The van der Waals surface area contributed by atoms with E-state index in [0.717, 1.165) is 42.1 Å². The van der Waals surface area contributed by atoms with Gasteiger partial charge in [-0.1, -0.05) is 12.1 Å². The second-order valence-corrected chi connectivity index (χ2v) is 8.35. The Morgan fingerprint density at radius 2 is 1.69 bits per heavy atom. The van der Waals surface area contributed by atoms with Crippen LogP contribution in [0.25, 0.3) is 0 Å². The van der Waals surface area contributed by atoms with Crippen LogP contribution in [-0.4, -0.2) is 31.4 Å². The summed E-state index contributed by atoms with van der Waals surface area (Å²) in [5, 5.41) is 9.17. The fraction of sp³-hybridized carbons (Fsp3) is 0.188. The van der Waals surface area contributed by atoms with Gasteiger partial charge >= 0.3 is 17.8 Å². The first-order valence-electron chi connectivity index (χ1n) is 7.37. The topological polar surface area (TPSA) is 80.7 Å². The summed E-state index contributed by atoms with van der Waals surface area (Å²) in [4.78, 5) is 10.3. The Bertz CT molecular complexity index is 1020. The summed E-state index contributed by atoms with van der Waals surface area (Å²) < 4.78 is 101. The number of rotatable bonds is 6. The van der Waals surface area contributed by atoms with Crippen molar-refractivity contribution in [3.63, 3.8) is 0 Å². The number of benzene rings is 2. The molecule has 1 N–H and O–H groups in total. The van der Waals surface area contributed by atoms with E-state index in [1.165, 1.54) is 6.07 Å². The number of halogens is 6. The molecule has 158 valence electrons. The van der Waals surface area contributed by atoms with Crippen molar-refractivity contribution in [2.45, 2.75) is 27.4 Å². The van der Waals surface area contributed by atoms with E-state index in [2.05, 4.69) is 4.74 Å². The lowest BCUT2D eigenvalue weighted by atomic mass is 10.2. The Balaban J connectivity index is 2.26. The summed E-state index contributed by atoms with van der Waals surface area (Å²) in [5.41, 5.74) is -5.87. The zero-order valence-corrected chi connectivity index (χ0v) is 15.5. The Kier molecular flexibility index (Phi) is 6.42. The maximum Gasteiger partial charge on any atom is 0.573 e. The molecule has 0 spiro atoms. The molecule has 0 amide bonds. The summed E-state index contributed by atoms with van der Waals surface area (Å²) >= 11 is 0.788. The monoisotopic (exact) mass is 460 g/mol. The Morgan fingerprint density at radius 1 is 1.03 bits per heavy atom. The number of thioether (sulfide) groups is 1. The van der Waals surface area contributed by atoms with Crippen molar-refractivity contribution >= 4 is 27.6 Å². The van der Waals surface area contributed by atoms with Crippen LogP contribution in [0.3, 0.4) is 0 Å². The molecular weight excluding hydrogens is 450 g/mol. The number of hydrogen-bond acceptors (Lipinski definition) is 5. The number of aromatic carboxylic acids is 1. The van der Waals surface area contributed by atoms with E-state index >= 15 is 0 Å². The predicted molar refractivity (Wildman–Crippen MR) is 89.3 cm³/mol. The van der Waals surface area contributed by atoms with E-state index in [-0.39, 0.29) is 16.2 Å². The number of carboxylic acid groups (broad SMARTS) is 1. The molecule has 5 nitrogen and oxygen atoms in total. The van der Waals surface area contributed by atoms with Gasteiger partial charge in [-0.25, -0.2) is 13.2 Å². The van der Waals surface area contributed by atoms with Crippen molar-refractivity contribution in [3.8, 4) is 5.75 Å². The number of alkyl halides is 6. The highest BCUT2D eigenvalue weighted by atomic mass is 32.2. The molecule has 0 atom stereocenters. The highest BCUT2D eigenvalue weighted by Crippen LogP contribution is 2.34. The van der Waals surface area contributed by atoms with Crippen LogP contribution in [0.2, 0.25) is 0 Å². The molecule has 0 saturated carbocycles. The molecule has 0 heterocycles. The van der Waals surface area contributed by atoms with E-state index in [1.54, 1.807) is 0 Å². The average molecular weight is 460 g/mol. The molecule has 0 radical (unpaired) electrons. The lowest BCUT2D eigenvalue weighted by Gasteiger charge is -2.12. The molecule has 29 heavy (non-hydrogen) atoms. The Morgan fingerprint density at radius 3 is 2.24 bits per heavy atom. The molecule has 0 unspecified atom stereocenters. The van der Waals surface area contributed by atoms with Crippen LogP contribution < -0.4 is 4.74 Å². The third kappa shape index (κ3) is 5.79. The normalized spacial score (nSPS) is 12.6. The third-order valence-corrected chi connectivity index (χ3v) is 5.95. The highest BCUT2D eigenvalue weighted by Gasteiger charge is 2.46. The molecule has 0 aliphatic carbocycles. The van der Waals surface area contributed by atoms with Gasteiger partial charge in [-0.3, -0.25) is 0 Å². The largest absolute Gasteiger partial charge is 0.573 e.